The fraction of sp³-hybridized carbons (Fsp3) is 0.143. The second kappa shape index (κ2) is 4.96. The van der Waals surface area contributed by atoms with Gasteiger partial charge in [0.25, 0.3) is 0 Å². The number of hydrogen-bond acceptors (Lipinski definition) is 3. The van der Waals surface area contributed by atoms with Crippen LogP contribution in [0.25, 0.3) is 11.1 Å². The van der Waals surface area contributed by atoms with E-state index in [9.17, 15) is 9.18 Å². The number of nitrogens with zero attached hydrogens (tertiary/aromatic N) is 1. The number of carbonyl (C=O) groups excluding carboxylic acids is 1. The number of Topliss-reactive ketones (excluding diaryl/α,β-unsaturated/α-hetero) is 1. The smallest absolute Gasteiger partial charge is 0.213 e. The van der Waals surface area contributed by atoms with Gasteiger partial charge >= 0.3 is 0 Å². The molecule has 2 rings (SSSR count). The molecule has 0 fully saturated rings. The number of ether oxygens (including phenoxy) is 1. The van der Waals surface area contributed by atoms with E-state index < -0.39 is 0 Å². The van der Waals surface area contributed by atoms with Crippen molar-refractivity contribution in [2.24, 2.45) is 0 Å². The molecule has 0 bridgehead atoms. The van der Waals surface area contributed by atoms with Crippen LogP contribution in [0, 0.1) is 5.82 Å². The molecule has 0 unspecified atom stereocenters. The van der Waals surface area contributed by atoms with E-state index in [-0.39, 0.29) is 11.6 Å². The Hall–Kier alpha value is -2.23. The van der Waals surface area contributed by atoms with Crippen molar-refractivity contribution in [1.82, 2.24) is 4.98 Å². The van der Waals surface area contributed by atoms with Crippen LogP contribution < -0.4 is 4.74 Å². The van der Waals surface area contributed by atoms with Gasteiger partial charge in [0.15, 0.2) is 5.78 Å². The summed E-state index contributed by atoms with van der Waals surface area (Å²) < 4.78 is 18.3. The third kappa shape index (κ3) is 2.37. The second-order valence-corrected chi connectivity index (χ2v) is 3.83. The summed E-state index contributed by atoms with van der Waals surface area (Å²) in [4.78, 5) is 15.5. The Morgan fingerprint density at radius 1 is 1.28 bits per heavy atom. The molecule has 1 aromatic carbocycles. The molecule has 0 aliphatic heterocycles. The fourth-order valence-corrected chi connectivity index (χ4v) is 1.75. The predicted octanol–water partition coefficient (Wildman–Crippen LogP) is 3.10. The van der Waals surface area contributed by atoms with E-state index >= 15 is 0 Å². The molecule has 2 aromatic rings. The van der Waals surface area contributed by atoms with Crippen molar-refractivity contribution in [2.45, 2.75) is 6.92 Å². The van der Waals surface area contributed by atoms with Crippen LogP contribution in [0.5, 0.6) is 5.88 Å². The molecule has 0 amide bonds. The van der Waals surface area contributed by atoms with Gasteiger partial charge in [0.2, 0.25) is 5.88 Å². The Kier molecular flexibility index (Phi) is 3.37. The standard InChI is InChI=1S/C14H12FNO2/c1-9(17)12-4-3-11(15)8-13(12)10-5-6-16-14(7-10)18-2/h3-8H,1-2H3. The number of ketones is 1. The van der Waals surface area contributed by atoms with E-state index in [0.29, 0.717) is 22.6 Å². The van der Waals surface area contributed by atoms with E-state index in [1.165, 1.54) is 32.2 Å². The highest BCUT2D eigenvalue weighted by Gasteiger charge is 2.11. The van der Waals surface area contributed by atoms with Crippen LogP contribution in [0.2, 0.25) is 0 Å². The van der Waals surface area contributed by atoms with E-state index in [1.807, 2.05) is 0 Å². The first kappa shape index (κ1) is 12.2. The molecule has 92 valence electrons. The lowest BCUT2D eigenvalue weighted by Crippen LogP contribution is -1.97. The Bertz CT molecular complexity index is 596. The van der Waals surface area contributed by atoms with Gasteiger partial charge in [-0.15, -0.1) is 0 Å². The maximum absolute atomic E-state index is 13.3. The highest BCUT2D eigenvalue weighted by molar-refractivity contribution is 6.00. The van der Waals surface area contributed by atoms with Gasteiger partial charge in [-0.2, -0.15) is 0 Å². The van der Waals surface area contributed by atoms with Gasteiger partial charge in [-0.05, 0) is 42.3 Å². The summed E-state index contributed by atoms with van der Waals surface area (Å²) in [6, 6.07) is 7.48. The maximum atomic E-state index is 13.3. The lowest BCUT2D eigenvalue weighted by molar-refractivity contribution is 0.101. The third-order valence-electron chi connectivity index (χ3n) is 2.62. The molecule has 3 nitrogen and oxygen atoms in total. The van der Waals surface area contributed by atoms with Crippen LogP contribution >= 0.6 is 0 Å². The van der Waals surface area contributed by atoms with E-state index in [0.717, 1.165) is 0 Å². The third-order valence-corrected chi connectivity index (χ3v) is 2.62. The van der Waals surface area contributed by atoms with Gasteiger partial charge in [-0.3, -0.25) is 4.79 Å². The monoisotopic (exact) mass is 245 g/mol. The molecule has 1 heterocycles. The van der Waals surface area contributed by atoms with Crippen molar-refractivity contribution in [3.8, 4) is 17.0 Å². The average molecular weight is 245 g/mol. The van der Waals surface area contributed by atoms with E-state index in [1.54, 1.807) is 18.3 Å². The van der Waals surface area contributed by atoms with Crippen LogP contribution in [0.3, 0.4) is 0 Å². The van der Waals surface area contributed by atoms with Crippen LogP contribution in [0.15, 0.2) is 36.5 Å². The molecule has 0 saturated carbocycles. The highest BCUT2D eigenvalue weighted by atomic mass is 19.1. The molecular weight excluding hydrogens is 233 g/mol. The second-order valence-electron chi connectivity index (χ2n) is 3.83. The zero-order valence-corrected chi connectivity index (χ0v) is 10.1. The number of benzene rings is 1. The first-order valence-corrected chi connectivity index (χ1v) is 5.42. The van der Waals surface area contributed by atoms with Crippen molar-refractivity contribution < 1.29 is 13.9 Å². The van der Waals surface area contributed by atoms with Crippen LogP contribution in [0.4, 0.5) is 4.39 Å². The normalized spacial score (nSPS) is 10.2. The minimum Gasteiger partial charge on any atom is -0.481 e. The molecule has 0 saturated heterocycles. The lowest BCUT2D eigenvalue weighted by atomic mass is 9.98. The first-order chi connectivity index (χ1) is 8.61. The van der Waals surface area contributed by atoms with E-state index in [2.05, 4.69) is 4.98 Å². The van der Waals surface area contributed by atoms with Crippen molar-refractivity contribution in [2.75, 3.05) is 7.11 Å². The van der Waals surface area contributed by atoms with Gasteiger partial charge in [0, 0.05) is 17.8 Å². The SMILES string of the molecule is COc1cc(-c2cc(F)ccc2C(C)=O)ccn1. The van der Waals surface area contributed by atoms with E-state index in [4.69, 9.17) is 4.74 Å². The minimum absolute atomic E-state index is 0.110. The molecule has 4 heteroatoms. The van der Waals surface area contributed by atoms with Crippen molar-refractivity contribution >= 4 is 5.78 Å². The van der Waals surface area contributed by atoms with Crippen LogP contribution in [-0.2, 0) is 0 Å². The van der Waals surface area contributed by atoms with Crippen molar-refractivity contribution in [3.05, 3.63) is 47.9 Å². The Balaban J connectivity index is 2.61. The number of methoxy groups -OCH3 is 1. The lowest BCUT2D eigenvalue weighted by Gasteiger charge is -2.08. The fourth-order valence-electron chi connectivity index (χ4n) is 1.75. The van der Waals surface area contributed by atoms with Crippen LogP contribution in [0.1, 0.15) is 17.3 Å². The molecule has 0 spiro atoms. The molecular formula is C14H12FNO2. The summed E-state index contributed by atoms with van der Waals surface area (Å²) >= 11 is 0. The summed E-state index contributed by atoms with van der Waals surface area (Å²) in [5.74, 6) is -0.0715. The van der Waals surface area contributed by atoms with Gasteiger partial charge in [0.1, 0.15) is 5.82 Å². The zero-order valence-electron chi connectivity index (χ0n) is 10.1. The van der Waals surface area contributed by atoms with Gasteiger partial charge in [-0.25, -0.2) is 9.37 Å². The quantitative estimate of drug-likeness (QED) is 0.780. The number of rotatable bonds is 3. The zero-order chi connectivity index (χ0) is 13.1. The molecule has 0 N–H and O–H groups in total. The maximum Gasteiger partial charge on any atom is 0.213 e. The molecule has 1 aromatic heterocycles. The molecule has 0 atom stereocenters. The Labute approximate surface area is 104 Å². The number of aromatic nitrogens is 1. The topological polar surface area (TPSA) is 39.2 Å². The van der Waals surface area contributed by atoms with Crippen molar-refractivity contribution in [1.29, 1.82) is 0 Å². The molecule has 0 radical (unpaired) electrons. The Morgan fingerprint density at radius 2 is 2.06 bits per heavy atom. The largest absolute Gasteiger partial charge is 0.481 e. The summed E-state index contributed by atoms with van der Waals surface area (Å²) in [7, 11) is 1.50. The number of carbonyl (C=O) groups is 1. The summed E-state index contributed by atoms with van der Waals surface area (Å²) in [6.07, 6.45) is 1.56. The predicted molar refractivity (Wildman–Crippen MR) is 66.2 cm³/mol. The summed E-state index contributed by atoms with van der Waals surface area (Å²) in [5, 5.41) is 0. The minimum atomic E-state index is -0.384. The van der Waals surface area contributed by atoms with Gasteiger partial charge < -0.3 is 4.74 Å². The van der Waals surface area contributed by atoms with Crippen LogP contribution in [-0.4, -0.2) is 17.9 Å². The number of hydrogen-bond donors (Lipinski definition) is 0. The molecule has 0 aliphatic carbocycles. The molecule has 0 aliphatic rings. The highest BCUT2D eigenvalue weighted by Crippen LogP contribution is 2.27. The average Bonchev–Trinajstić information content (AvgIpc) is 2.38. The number of halogens is 1. The van der Waals surface area contributed by atoms with Crippen molar-refractivity contribution in [3.63, 3.8) is 0 Å². The Morgan fingerprint density at radius 3 is 2.72 bits per heavy atom. The number of pyridine rings is 1. The summed E-state index contributed by atoms with van der Waals surface area (Å²) in [5.41, 5.74) is 1.72. The summed E-state index contributed by atoms with van der Waals surface area (Å²) in [6.45, 7) is 1.45. The molecule has 18 heavy (non-hydrogen) atoms. The van der Waals surface area contributed by atoms with Gasteiger partial charge in [0.05, 0.1) is 7.11 Å². The first-order valence-electron chi connectivity index (χ1n) is 5.42. The van der Waals surface area contributed by atoms with Gasteiger partial charge in [-0.1, -0.05) is 0 Å².